The molecule has 2 aliphatic rings. The van der Waals surface area contributed by atoms with Crippen LogP contribution in [0.5, 0.6) is 5.75 Å². The first-order chi connectivity index (χ1) is 14.2. The molecule has 1 unspecified atom stereocenters. The Morgan fingerprint density at radius 2 is 1.93 bits per heavy atom. The Balaban J connectivity index is 1.16. The van der Waals surface area contributed by atoms with Crippen molar-refractivity contribution in [1.82, 2.24) is 10.6 Å². The standard InChI is InChI=1S/C23H28N4O2/c1-24-23(26-16-19-15-18-8-3-5-10-21(18)29-19)25-13-6-11-22(28)27-14-12-17-7-2-4-9-20(17)27/h2-5,7-10,19H,6,11-16H2,1H3,(H2,24,25,26). The molecule has 2 aromatic rings. The van der Waals surface area contributed by atoms with E-state index in [-0.39, 0.29) is 12.0 Å². The van der Waals surface area contributed by atoms with Gasteiger partial charge in [0.25, 0.3) is 0 Å². The largest absolute Gasteiger partial charge is 0.488 e. The summed E-state index contributed by atoms with van der Waals surface area (Å²) in [5.74, 6) is 1.91. The number of hydrogen-bond donors (Lipinski definition) is 2. The van der Waals surface area contributed by atoms with E-state index in [1.165, 1.54) is 11.1 Å². The first-order valence-corrected chi connectivity index (χ1v) is 10.3. The van der Waals surface area contributed by atoms with Crippen molar-refractivity contribution >= 4 is 17.6 Å². The molecule has 1 amide bonds. The van der Waals surface area contributed by atoms with Gasteiger partial charge < -0.3 is 20.3 Å². The topological polar surface area (TPSA) is 66.0 Å². The quantitative estimate of drug-likeness (QED) is 0.450. The smallest absolute Gasteiger partial charge is 0.227 e. The van der Waals surface area contributed by atoms with Crippen LogP contribution in [0.4, 0.5) is 5.69 Å². The lowest BCUT2D eigenvalue weighted by Crippen LogP contribution is -2.42. The van der Waals surface area contributed by atoms with Crippen LogP contribution in [0.2, 0.25) is 0 Å². The van der Waals surface area contributed by atoms with Crippen LogP contribution >= 0.6 is 0 Å². The van der Waals surface area contributed by atoms with E-state index in [2.05, 4.69) is 27.8 Å². The zero-order chi connectivity index (χ0) is 20.1. The van der Waals surface area contributed by atoms with Crippen LogP contribution in [-0.2, 0) is 17.6 Å². The Bertz CT molecular complexity index is 871. The number of para-hydroxylation sites is 2. The lowest BCUT2D eigenvalue weighted by molar-refractivity contribution is -0.118. The molecule has 152 valence electrons. The number of benzene rings is 2. The normalized spacial score (nSPS) is 17.5. The molecular weight excluding hydrogens is 364 g/mol. The molecule has 0 saturated heterocycles. The number of fused-ring (bicyclic) bond motifs is 2. The molecule has 2 aromatic carbocycles. The lowest BCUT2D eigenvalue weighted by Gasteiger charge is -2.18. The number of rotatable bonds is 6. The number of anilines is 1. The Morgan fingerprint density at radius 3 is 2.76 bits per heavy atom. The zero-order valence-electron chi connectivity index (χ0n) is 16.9. The van der Waals surface area contributed by atoms with Crippen LogP contribution in [0, 0.1) is 0 Å². The molecule has 0 fully saturated rings. The number of guanidine groups is 1. The number of hydrogen-bond acceptors (Lipinski definition) is 3. The summed E-state index contributed by atoms with van der Waals surface area (Å²) in [6.45, 7) is 2.18. The third kappa shape index (κ3) is 4.53. The van der Waals surface area contributed by atoms with E-state index in [0.29, 0.717) is 19.5 Å². The third-order valence-electron chi connectivity index (χ3n) is 5.48. The molecule has 2 heterocycles. The number of ether oxygens (including phenoxy) is 1. The van der Waals surface area contributed by atoms with Gasteiger partial charge in [-0.1, -0.05) is 36.4 Å². The van der Waals surface area contributed by atoms with Crippen molar-refractivity contribution < 1.29 is 9.53 Å². The summed E-state index contributed by atoms with van der Waals surface area (Å²) in [6, 6.07) is 16.3. The molecular formula is C23H28N4O2. The van der Waals surface area contributed by atoms with Crippen molar-refractivity contribution in [3.63, 3.8) is 0 Å². The number of nitrogens with zero attached hydrogens (tertiary/aromatic N) is 2. The van der Waals surface area contributed by atoms with Crippen LogP contribution < -0.4 is 20.3 Å². The van der Waals surface area contributed by atoms with E-state index in [1.54, 1.807) is 7.05 Å². The van der Waals surface area contributed by atoms with Gasteiger partial charge in [-0.15, -0.1) is 0 Å². The lowest BCUT2D eigenvalue weighted by atomic mass is 10.1. The van der Waals surface area contributed by atoms with Crippen molar-refractivity contribution in [3.05, 3.63) is 59.7 Å². The molecule has 1 atom stereocenters. The van der Waals surface area contributed by atoms with Crippen LogP contribution in [-0.4, -0.2) is 44.7 Å². The van der Waals surface area contributed by atoms with Crippen molar-refractivity contribution in [3.8, 4) is 5.75 Å². The summed E-state index contributed by atoms with van der Waals surface area (Å²) in [5, 5.41) is 6.61. The fourth-order valence-corrected chi connectivity index (χ4v) is 3.98. The maximum absolute atomic E-state index is 12.6. The van der Waals surface area contributed by atoms with E-state index >= 15 is 0 Å². The van der Waals surface area contributed by atoms with Crippen molar-refractivity contribution in [1.29, 1.82) is 0 Å². The molecule has 0 saturated carbocycles. The van der Waals surface area contributed by atoms with Gasteiger partial charge in [0.15, 0.2) is 5.96 Å². The van der Waals surface area contributed by atoms with Gasteiger partial charge in [-0.3, -0.25) is 9.79 Å². The average molecular weight is 393 g/mol. The molecule has 2 aliphatic heterocycles. The van der Waals surface area contributed by atoms with Crippen LogP contribution in [0.3, 0.4) is 0 Å². The van der Waals surface area contributed by atoms with Crippen LogP contribution in [0.25, 0.3) is 0 Å². The molecule has 6 nitrogen and oxygen atoms in total. The van der Waals surface area contributed by atoms with Crippen molar-refractivity contribution in [2.24, 2.45) is 4.99 Å². The number of carbonyl (C=O) groups is 1. The van der Waals surface area contributed by atoms with E-state index in [1.807, 2.05) is 41.3 Å². The highest BCUT2D eigenvalue weighted by molar-refractivity contribution is 5.95. The minimum Gasteiger partial charge on any atom is -0.488 e. The van der Waals surface area contributed by atoms with E-state index in [0.717, 1.165) is 43.2 Å². The summed E-state index contributed by atoms with van der Waals surface area (Å²) in [4.78, 5) is 18.7. The summed E-state index contributed by atoms with van der Waals surface area (Å²) in [7, 11) is 1.76. The minimum atomic E-state index is 0.114. The molecule has 6 heteroatoms. The van der Waals surface area contributed by atoms with Crippen molar-refractivity contribution in [2.75, 3.05) is 31.6 Å². The predicted molar refractivity (Wildman–Crippen MR) is 116 cm³/mol. The Labute approximate surface area is 172 Å². The number of aliphatic imine (C=N–C) groups is 1. The number of amides is 1. The summed E-state index contributed by atoms with van der Waals surface area (Å²) in [5.41, 5.74) is 3.59. The molecule has 0 aliphatic carbocycles. The number of nitrogens with one attached hydrogen (secondary N) is 2. The first-order valence-electron chi connectivity index (χ1n) is 10.3. The van der Waals surface area contributed by atoms with Gasteiger partial charge in [0, 0.05) is 38.7 Å². The van der Waals surface area contributed by atoms with Gasteiger partial charge >= 0.3 is 0 Å². The average Bonchev–Trinajstić information content (AvgIpc) is 3.37. The molecule has 0 spiro atoms. The highest BCUT2D eigenvalue weighted by Crippen LogP contribution is 2.28. The van der Waals surface area contributed by atoms with Gasteiger partial charge in [0.1, 0.15) is 11.9 Å². The molecule has 2 N–H and O–H groups in total. The summed E-state index contributed by atoms with van der Waals surface area (Å²) < 4.78 is 5.95. The van der Waals surface area contributed by atoms with Gasteiger partial charge in [0.05, 0.1) is 6.54 Å². The minimum absolute atomic E-state index is 0.114. The highest BCUT2D eigenvalue weighted by Gasteiger charge is 2.24. The van der Waals surface area contributed by atoms with Gasteiger partial charge in [0.2, 0.25) is 5.91 Å². The Morgan fingerprint density at radius 1 is 1.14 bits per heavy atom. The summed E-state index contributed by atoms with van der Waals surface area (Å²) in [6.07, 6.45) is 3.27. The van der Waals surface area contributed by atoms with Crippen molar-refractivity contribution in [2.45, 2.75) is 31.8 Å². The second kappa shape index (κ2) is 8.99. The third-order valence-corrected chi connectivity index (χ3v) is 5.48. The van der Waals surface area contributed by atoms with Gasteiger partial charge in [-0.05, 0) is 36.1 Å². The molecule has 29 heavy (non-hydrogen) atoms. The first kappa shape index (κ1) is 19.3. The fraction of sp³-hybridized carbons (Fsp3) is 0.391. The maximum Gasteiger partial charge on any atom is 0.227 e. The van der Waals surface area contributed by atoms with Crippen LogP contribution in [0.1, 0.15) is 24.0 Å². The second-order valence-electron chi connectivity index (χ2n) is 7.46. The van der Waals surface area contributed by atoms with E-state index in [4.69, 9.17) is 4.74 Å². The number of carbonyl (C=O) groups excluding carboxylic acids is 1. The fourth-order valence-electron chi connectivity index (χ4n) is 3.98. The maximum atomic E-state index is 12.6. The van der Waals surface area contributed by atoms with Gasteiger partial charge in [-0.2, -0.15) is 0 Å². The molecule has 0 bridgehead atoms. The zero-order valence-corrected chi connectivity index (χ0v) is 16.9. The summed E-state index contributed by atoms with van der Waals surface area (Å²) >= 11 is 0. The predicted octanol–water partition coefficient (Wildman–Crippen LogP) is 2.52. The molecule has 4 rings (SSSR count). The molecule has 0 aromatic heterocycles. The monoisotopic (exact) mass is 392 g/mol. The second-order valence-corrected chi connectivity index (χ2v) is 7.46. The van der Waals surface area contributed by atoms with Gasteiger partial charge in [-0.25, -0.2) is 0 Å². The Kier molecular flexibility index (Phi) is 5.98. The highest BCUT2D eigenvalue weighted by atomic mass is 16.5. The Hall–Kier alpha value is -3.02. The van der Waals surface area contributed by atoms with E-state index < -0.39 is 0 Å². The molecule has 0 radical (unpaired) electrons. The van der Waals surface area contributed by atoms with E-state index in [9.17, 15) is 4.79 Å². The SMILES string of the molecule is CN=C(NCCCC(=O)N1CCc2ccccc21)NCC1Cc2ccccc2O1. The van der Waals surface area contributed by atoms with Crippen LogP contribution in [0.15, 0.2) is 53.5 Å².